The van der Waals surface area contributed by atoms with Gasteiger partial charge in [-0.2, -0.15) is 0 Å². The molecule has 0 radical (unpaired) electrons. The third-order valence-electron chi connectivity index (χ3n) is 4.77. The molecule has 0 saturated carbocycles. The first kappa shape index (κ1) is 15.8. The van der Waals surface area contributed by atoms with Crippen LogP contribution in [0.15, 0.2) is 24.3 Å². The summed E-state index contributed by atoms with van der Waals surface area (Å²) in [5, 5.41) is 5.95. The van der Waals surface area contributed by atoms with Crippen LogP contribution in [0.4, 0.5) is 10.5 Å². The predicted octanol–water partition coefficient (Wildman–Crippen LogP) is 1.29. The molecule has 2 aliphatic rings. The smallest absolute Gasteiger partial charge is 0.317 e. The van der Waals surface area contributed by atoms with Crippen molar-refractivity contribution in [3.05, 3.63) is 29.8 Å². The maximum atomic E-state index is 12.3. The van der Waals surface area contributed by atoms with Gasteiger partial charge in [0.15, 0.2) is 0 Å². The molecule has 6 heteroatoms. The van der Waals surface area contributed by atoms with E-state index < -0.39 is 0 Å². The van der Waals surface area contributed by atoms with Crippen LogP contribution in [0.1, 0.15) is 18.9 Å². The van der Waals surface area contributed by atoms with Gasteiger partial charge in [0.05, 0.1) is 18.6 Å². The number of hydrogen-bond donors (Lipinski definition) is 2. The van der Waals surface area contributed by atoms with Crippen LogP contribution in [0.5, 0.6) is 0 Å². The maximum absolute atomic E-state index is 12.3. The van der Waals surface area contributed by atoms with E-state index in [0.29, 0.717) is 6.54 Å². The molecule has 0 unspecified atom stereocenters. The molecule has 0 spiro atoms. The van der Waals surface area contributed by atoms with Gasteiger partial charge in [0.2, 0.25) is 5.91 Å². The SMILES string of the molecule is CCc1cccc(NC(=O)CN2CC[C@H]3[C@@H](C2)NC(=O)N3C)c1. The van der Waals surface area contributed by atoms with E-state index in [9.17, 15) is 9.59 Å². The molecule has 3 amide bonds. The Morgan fingerprint density at radius 3 is 3.04 bits per heavy atom. The standard InChI is InChI=1S/C17H24N4O2/c1-3-12-5-4-6-13(9-12)18-16(22)11-21-8-7-15-14(10-21)19-17(23)20(15)2/h4-6,9,14-15H,3,7-8,10-11H2,1-2H3,(H,18,22)(H,19,23)/t14-,15+/m1/s1. The summed E-state index contributed by atoms with van der Waals surface area (Å²) in [7, 11) is 1.84. The number of benzene rings is 1. The summed E-state index contributed by atoms with van der Waals surface area (Å²) in [6.45, 7) is 4.02. The predicted molar refractivity (Wildman–Crippen MR) is 89.4 cm³/mol. The van der Waals surface area contributed by atoms with Crippen molar-refractivity contribution in [3.8, 4) is 0 Å². The van der Waals surface area contributed by atoms with Crippen LogP contribution in [-0.2, 0) is 11.2 Å². The number of anilines is 1. The third kappa shape index (κ3) is 3.47. The Labute approximate surface area is 136 Å². The topological polar surface area (TPSA) is 64.7 Å². The molecule has 2 saturated heterocycles. The van der Waals surface area contributed by atoms with E-state index in [1.165, 1.54) is 5.56 Å². The Morgan fingerprint density at radius 1 is 1.43 bits per heavy atom. The maximum Gasteiger partial charge on any atom is 0.317 e. The lowest BCUT2D eigenvalue weighted by molar-refractivity contribution is -0.117. The first-order valence-corrected chi connectivity index (χ1v) is 8.21. The molecule has 0 aromatic heterocycles. The zero-order valence-electron chi connectivity index (χ0n) is 13.7. The fourth-order valence-corrected chi connectivity index (χ4v) is 3.44. The summed E-state index contributed by atoms with van der Waals surface area (Å²) in [5.74, 6) is -0.00520. The Balaban J connectivity index is 1.53. The molecule has 2 aliphatic heterocycles. The highest BCUT2D eigenvalue weighted by Gasteiger charge is 2.40. The van der Waals surface area contributed by atoms with Crippen molar-refractivity contribution in [2.45, 2.75) is 31.8 Å². The Bertz CT molecular complexity index is 604. The Morgan fingerprint density at radius 2 is 2.26 bits per heavy atom. The lowest BCUT2D eigenvalue weighted by Crippen LogP contribution is -2.52. The molecule has 0 aliphatic carbocycles. The lowest BCUT2D eigenvalue weighted by Gasteiger charge is -2.35. The number of likely N-dealkylation sites (tertiary alicyclic amines) is 1. The average Bonchev–Trinajstić information content (AvgIpc) is 2.81. The minimum absolute atomic E-state index is 0.00520. The largest absolute Gasteiger partial charge is 0.332 e. The van der Waals surface area contributed by atoms with E-state index in [-0.39, 0.29) is 24.0 Å². The zero-order valence-corrected chi connectivity index (χ0v) is 13.7. The van der Waals surface area contributed by atoms with Crippen LogP contribution in [0.3, 0.4) is 0 Å². The number of piperidine rings is 1. The van der Waals surface area contributed by atoms with Crippen LogP contribution in [0, 0.1) is 0 Å². The number of nitrogens with one attached hydrogen (secondary N) is 2. The molecule has 1 aromatic carbocycles. The fourth-order valence-electron chi connectivity index (χ4n) is 3.44. The van der Waals surface area contributed by atoms with Crippen molar-refractivity contribution in [2.75, 3.05) is 32.0 Å². The third-order valence-corrected chi connectivity index (χ3v) is 4.77. The van der Waals surface area contributed by atoms with E-state index in [0.717, 1.165) is 31.6 Å². The summed E-state index contributed by atoms with van der Waals surface area (Å²) >= 11 is 0. The molecule has 2 fully saturated rings. The van der Waals surface area contributed by atoms with Gasteiger partial charge in [-0.25, -0.2) is 4.79 Å². The molecule has 0 bridgehead atoms. The first-order chi connectivity index (χ1) is 11.1. The number of rotatable bonds is 4. The molecule has 3 rings (SSSR count). The highest BCUT2D eigenvalue weighted by Crippen LogP contribution is 2.21. The van der Waals surface area contributed by atoms with Crippen molar-refractivity contribution in [2.24, 2.45) is 0 Å². The summed E-state index contributed by atoms with van der Waals surface area (Å²) in [5.41, 5.74) is 2.05. The average molecular weight is 316 g/mol. The summed E-state index contributed by atoms with van der Waals surface area (Å²) in [6, 6.07) is 8.30. The molecular formula is C17H24N4O2. The molecule has 1 aromatic rings. The fraction of sp³-hybridized carbons (Fsp3) is 0.529. The minimum atomic E-state index is -0.0114. The molecule has 23 heavy (non-hydrogen) atoms. The van der Waals surface area contributed by atoms with Gasteiger partial charge in [-0.15, -0.1) is 0 Å². The number of hydrogen-bond acceptors (Lipinski definition) is 3. The van der Waals surface area contributed by atoms with Gasteiger partial charge in [-0.1, -0.05) is 19.1 Å². The van der Waals surface area contributed by atoms with Crippen molar-refractivity contribution in [3.63, 3.8) is 0 Å². The summed E-state index contributed by atoms with van der Waals surface area (Å²) in [6.07, 6.45) is 1.85. The number of carbonyl (C=O) groups excluding carboxylic acids is 2. The monoisotopic (exact) mass is 316 g/mol. The van der Waals surface area contributed by atoms with Gasteiger partial charge < -0.3 is 15.5 Å². The Kier molecular flexibility index (Phi) is 4.52. The first-order valence-electron chi connectivity index (χ1n) is 8.21. The highest BCUT2D eigenvalue weighted by molar-refractivity contribution is 5.92. The van der Waals surface area contributed by atoms with Crippen molar-refractivity contribution >= 4 is 17.6 Å². The molecule has 2 heterocycles. The van der Waals surface area contributed by atoms with Crippen LogP contribution >= 0.6 is 0 Å². The second-order valence-electron chi connectivity index (χ2n) is 6.36. The van der Waals surface area contributed by atoms with E-state index >= 15 is 0 Å². The van der Waals surface area contributed by atoms with Gasteiger partial charge in [-0.05, 0) is 30.5 Å². The van der Waals surface area contributed by atoms with Gasteiger partial charge in [0.25, 0.3) is 0 Å². The number of aryl methyl sites for hydroxylation is 1. The van der Waals surface area contributed by atoms with Gasteiger partial charge >= 0.3 is 6.03 Å². The molecule has 2 atom stereocenters. The van der Waals surface area contributed by atoms with Gasteiger partial charge in [-0.3, -0.25) is 9.69 Å². The molecule has 6 nitrogen and oxygen atoms in total. The summed E-state index contributed by atoms with van der Waals surface area (Å²) < 4.78 is 0. The minimum Gasteiger partial charge on any atom is -0.332 e. The molecular weight excluding hydrogens is 292 g/mol. The van der Waals surface area contributed by atoms with E-state index in [1.54, 1.807) is 4.90 Å². The molecule has 2 N–H and O–H groups in total. The van der Waals surface area contributed by atoms with E-state index in [4.69, 9.17) is 0 Å². The van der Waals surface area contributed by atoms with Crippen LogP contribution in [-0.4, -0.2) is 60.5 Å². The number of fused-ring (bicyclic) bond motifs is 1. The molecule has 124 valence electrons. The van der Waals surface area contributed by atoms with Crippen LogP contribution in [0.25, 0.3) is 0 Å². The van der Waals surface area contributed by atoms with Gasteiger partial charge in [0, 0.05) is 25.8 Å². The lowest BCUT2D eigenvalue weighted by atomic mass is 10.0. The number of urea groups is 1. The van der Waals surface area contributed by atoms with Crippen molar-refractivity contribution < 1.29 is 9.59 Å². The normalized spacial score (nSPS) is 24.3. The number of carbonyl (C=O) groups is 2. The number of likely N-dealkylation sites (N-methyl/N-ethyl adjacent to an activating group) is 1. The quantitative estimate of drug-likeness (QED) is 0.880. The summed E-state index contributed by atoms with van der Waals surface area (Å²) in [4.78, 5) is 27.8. The van der Waals surface area contributed by atoms with Crippen molar-refractivity contribution in [1.29, 1.82) is 0 Å². The van der Waals surface area contributed by atoms with E-state index in [1.807, 2.05) is 25.2 Å². The van der Waals surface area contributed by atoms with E-state index in [2.05, 4.69) is 28.5 Å². The highest BCUT2D eigenvalue weighted by atomic mass is 16.2. The number of amides is 3. The second-order valence-corrected chi connectivity index (χ2v) is 6.36. The Hall–Kier alpha value is -2.08. The van der Waals surface area contributed by atoms with Gasteiger partial charge in [0.1, 0.15) is 0 Å². The number of nitrogens with zero attached hydrogens (tertiary/aromatic N) is 2. The van der Waals surface area contributed by atoms with Crippen LogP contribution < -0.4 is 10.6 Å². The van der Waals surface area contributed by atoms with Crippen LogP contribution in [0.2, 0.25) is 0 Å². The zero-order chi connectivity index (χ0) is 16.4. The van der Waals surface area contributed by atoms with Crippen molar-refractivity contribution in [1.82, 2.24) is 15.1 Å². The second kappa shape index (κ2) is 6.58.